The van der Waals surface area contributed by atoms with Crippen LogP contribution in [0.1, 0.15) is 24.4 Å². The van der Waals surface area contributed by atoms with Gasteiger partial charge in [-0.2, -0.15) is 13.9 Å². The van der Waals surface area contributed by atoms with Crippen LogP contribution in [0.2, 0.25) is 0 Å². The van der Waals surface area contributed by atoms with Gasteiger partial charge in [-0.25, -0.2) is 17.9 Å². The highest BCUT2D eigenvalue weighted by Gasteiger charge is 2.41. The molecule has 0 spiro atoms. The van der Waals surface area contributed by atoms with E-state index in [2.05, 4.69) is 25.6 Å². The molecule has 1 amide bonds. The zero-order chi connectivity index (χ0) is 25.9. The second-order valence-corrected chi connectivity index (χ2v) is 11.0. The molecule has 4 aromatic heterocycles. The van der Waals surface area contributed by atoms with Crippen molar-refractivity contribution in [3.05, 3.63) is 72.4 Å². The Morgan fingerprint density at radius 2 is 1.81 bits per heavy atom. The molecule has 1 N–H and O–H groups in total. The van der Waals surface area contributed by atoms with Crippen LogP contribution in [0.3, 0.4) is 0 Å². The molecule has 4 heterocycles. The first-order valence-corrected chi connectivity index (χ1v) is 13.2. The van der Waals surface area contributed by atoms with Crippen LogP contribution in [0.5, 0.6) is 0 Å². The Bertz CT molecular complexity index is 1810. The SMILES string of the molecule is CS(=O)(=O)c1cccc(-c2ccc3nnc(C(F)(F)c4ccc5nc(NC(=O)C6CC6)cn5n4)n3c2)c1. The Morgan fingerprint density at radius 3 is 2.57 bits per heavy atom. The number of sulfone groups is 1. The summed E-state index contributed by atoms with van der Waals surface area (Å²) in [6.45, 7) is 0. The zero-order valence-electron chi connectivity index (χ0n) is 19.3. The van der Waals surface area contributed by atoms with E-state index in [9.17, 15) is 13.2 Å². The number of hydrogen-bond donors (Lipinski definition) is 1. The number of fused-ring (bicyclic) bond motifs is 2. The van der Waals surface area contributed by atoms with Gasteiger partial charge >= 0.3 is 5.92 Å². The summed E-state index contributed by atoms with van der Waals surface area (Å²) >= 11 is 0. The van der Waals surface area contributed by atoms with Crippen molar-refractivity contribution < 1.29 is 22.0 Å². The number of halogens is 2. The predicted molar refractivity (Wildman–Crippen MR) is 129 cm³/mol. The smallest absolute Gasteiger partial charge is 0.309 e. The number of rotatable bonds is 6. The predicted octanol–water partition coefficient (Wildman–Crippen LogP) is 3.33. The summed E-state index contributed by atoms with van der Waals surface area (Å²) in [6.07, 6.45) is 5.56. The van der Waals surface area contributed by atoms with Crippen LogP contribution in [-0.2, 0) is 20.6 Å². The lowest BCUT2D eigenvalue weighted by Crippen LogP contribution is -2.22. The number of benzene rings is 1. The lowest BCUT2D eigenvalue weighted by Gasteiger charge is -2.14. The van der Waals surface area contributed by atoms with Gasteiger partial charge in [0.1, 0.15) is 5.69 Å². The summed E-state index contributed by atoms with van der Waals surface area (Å²) in [5.74, 6) is -4.24. The number of carbonyl (C=O) groups excluding carboxylic acids is 1. The van der Waals surface area contributed by atoms with Crippen molar-refractivity contribution >= 4 is 32.9 Å². The molecule has 0 radical (unpaired) electrons. The Labute approximate surface area is 208 Å². The number of alkyl halides is 2. The van der Waals surface area contributed by atoms with Crippen molar-refractivity contribution in [2.24, 2.45) is 5.92 Å². The van der Waals surface area contributed by atoms with Crippen molar-refractivity contribution in [3.63, 3.8) is 0 Å². The summed E-state index contributed by atoms with van der Waals surface area (Å²) < 4.78 is 57.6. The minimum atomic E-state index is -3.64. The molecule has 1 fully saturated rings. The third-order valence-corrected chi connectivity index (χ3v) is 7.23. The van der Waals surface area contributed by atoms with Gasteiger partial charge in [0, 0.05) is 18.4 Å². The zero-order valence-corrected chi connectivity index (χ0v) is 20.2. The Kier molecular flexibility index (Phi) is 5.09. The lowest BCUT2D eigenvalue weighted by atomic mass is 10.1. The second-order valence-electron chi connectivity index (χ2n) is 8.95. The van der Waals surface area contributed by atoms with Crippen LogP contribution in [-0.4, -0.2) is 49.8 Å². The molecule has 1 aliphatic rings. The second kappa shape index (κ2) is 8.13. The van der Waals surface area contributed by atoms with E-state index >= 15 is 8.78 Å². The van der Waals surface area contributed by atoms with Gasteiger partial charge in [0.05, 0.1) is 11.1 Å². The summed E-state index contributed by atoms with van der Waals surface area (Å²) in [5, 5.41) is 14.3. The number of aromatic nitrogens is 6. The number of nitrogens with zero attached hydrogens (tertiary/aromatic N) is 6. The maximum atomic E-state index is 15.7. The molecule has 10 nitrogen and oxygen atoms in total. The molecule has 1 aromatic carbocycles. The van der Waals surface area contributed by atoms with Gasteiger partial charge in [-0.1, -0.05) is 12.1 Å². The van der Waals surface area contributed by atoms with Crippen molar-refractivity contribution in [3.8, 4) is 11.1 Å². The molecule has 37 heavy (non-hydrogen) atoms. The lowest BCUT2D eigenvalue weighted by molar-refractivity contribution is -0.117. The molecule has 0 bridgehead atoms. The highest BCUT2D eigenvalue weighted by molar-refractivity contribution is 7.90. The van der Waals surface area contributed by atoms with E-state index in [1.54, 1.807) is 18.2 Å². The molecule has 6 rings (SSSR count). The first-order chi connectivity index (χ1) is 17.6. The number of pyridine rings is 1. The quantitative estimate of drug-likeness (QED) is 0.362. The van der Waals surface area contributed by atoms with Crippen LogP contribution in [0.25, 0.3) is 22.4 Å². The van der Waals surface area contributed by atoms with Crippen molar-refractivity contribution in [1.29, 1.82) is 0 Å². The van der Waals surface area contributed by atoms with Crippen molar-refractivity contribution in [2.75, 3.05) is 11.6 Å². The summed E-state index contributed by atoms with van der Waals surface area (Å²) in [6, 6.07) is 11.9. The van der Waals surface area contributed by atoms with Gasteiger partial charge in [-0.3, -0.25) is 9.20 Å². The molecule has 13 heteroatoms. The first-order valence-electron chi connectivity index (χ1n) is 11.3. The van der Waals surface area contributed by atoms with Crippen LogP contribution in [0, 0.1) is 5.92 Å². The number of imidazole rings is 1. The van der Waals surface area contributed by atoms with E-state index in [0.717, 1.165) is 29.6 Å². The number of carbonyl (C=O) groups is 1. The van der Waals surface area contributed by atoms with Crippen LogP contribution in [0.15, 0.2) is 65.8 Å². The van der Waals surface area contributed by atoms with E-state index < -0.39 is 27.3 Å². The van der Waals surface area contributed by atoms with Gasteiger partial charge < -0.3 is 5.32 Å². The van der Waals surface area contributed by atoms with Gasteiger partial charge in [-0.15, -0.1) is 10.2 Å². The van der Waals surface area contributed by atoms with E-state index in [1.165, 1.54) is 41.2 Å². The highest BCUT2D eigenvalue weighted by Crippen LogP contribution is 2.35. The Hall–Kier alpha value is -4.26. The van der Waals surface area contributed by atoms with Crippen molar-refractivity contribution in [1.82, 2.24) is 29.2 Å². The average molecular weight is 524 g/mol. The molecule has 0 atom stereocenters. The standard InChI is InChI=1S/C24H19F2N7O3S/c1-37(35,36)17-4-2-3-15(11-17)16-7-9-21-29-30-23(32(21)12-16)24(25,26)18-8-10-20-27-19(13-33(20)31-18)28-22(34)14-5-6-14/h2-4,7-14H,5-6H2,1H3,(H,28,34). The summed E-state index contributed by atoms with van der Waals surface area (Å²) in [7, 11) is -3.45. The van der Waals surface area contributed by atoms with Gasteiger partial charge in [0.25, 0.3) is 0 Å². The van der Waals surface area contributed by atoms with E-state index in [0.29, 0.717) is 16.8 Å². The molecule has 1 aliphatic carbocycles. The van der Waals surface area contributed by atoms with Crippen LogP contribution < -0.4 is 5.32 Å². The fourth-order valence-corrected chi connectivity index (χ4v) is 4.65. The van der Waals surface area contributed by atoms with Crippen molar-refractivity contribution in [2.45, 2.75) is 23.7 Å². The maximum absolute atomic E-state index is 15.7. The van der Waals surface area contributed by atoms with E-state index in [4.69, 9.17) is 0 Å². The van der Waals surface area contributed by atoms with Gasteiger partial charge in [0.15, 0.2) is 26.9 Å². The first kappa shape index (κ1) is 23.2. The summed E-state index contributed by atoms with van der Waals surface area (Å²) in [4.78, 5) is 16.3. The van der Waals surface area contributed by atoms with Gasteiger partial charge in [-0.05, 0) is 60.4 Å². The van der Waals surface area contributed by atoms with E-state index in [1.807, 2.05) is 0 Å². The molecular formula is C24H19F2N7O3S. The monoisotopic (exact) mass is 523 g/mol. The molecule has 0 aliphatic heterocycles. The number of amides is 1. The Balaban J connectivity index is 1.37. The van der Waals surface area contributed by atoms with E-state index in [-0.39, 0.29) is 28.2 Å². The Morgan fingerprint density at radius 1 is 1.03 bits per heavy atom. The maximum Gasteiger partial charge on any atom is 0.350 e. The molecule has 188 valence electrons. The summed E-state index contributed by atoms with van der Waals surface area (Å²) in [5.41, 5.74) is 0.933. The largest absolute Gasteiger partial charge is 0.350 e. The number of nitrogens with one attached hydrogen (secondary N) is 1. The fraction of sp³-hybridized carbons (Fsp3) is 0.208. The molecule has 0 unspecified atom stereocenters. The fourth-order valence-electron chi connectivity index (χ4n) is 3.98. The highest BCUT2D eigenvalue weighted by atomic mass is 32.2. The minimum Gasteiger partial charge on any atom is -0.309 e. The average Bonchev–Trinajstić information content (AvgIpc) is 3.51. The third kappa shape index (κ3) is 4.20. The van der Waals surface area contributed by atoms with Gasteiger partial charge in [0.2, 0.25) is 11.7 Å². The molecule has 0 saturated heterocycles. The molecule has 1 saturated carbocycles. The van der Waals surface area contributed by atoms with Crippen LogP contribution in [0.4, 0.5) is 14.6 Å². The molecular weight excluding hydrogens is 504 g/mol. The minimum absolute atomic E-state index is 0.0300. The topological polar surface area (TPSA) is 124 Å². The molecule has 5 aromatic rings. The number of anilines is 1. The normalized spacial score (nSPS) is 14.4. The number of hydrogen-bond acceptors (Lipinski definition) is 7. The third-order valence-electron chi connectivity index (χ3n) is 6.12. The van der Waals surface area contributed by atoms with Crippen LogP contribution >= 0.6 is 0 Å².